The normalized spacial score (nSPS) is 12.0. The quantitative estimate of drug-likeness (QED) is 0.410. The maximum atomic E-state index is 6.21. The Hall–Kier alpha value is -3.14. The first-order chi connectivity index (χ1) is 13.1. The van der Waals surface area contributed by atoms with Gasteiger partial charge in [-0.2, -0.15) is 4.57 Å². The van der Waals surface area contributed by atoms with Gasteiger partial charge in [-0.05, 0) is 40.8 Å². The molecule has 0 N–H and O–H groups in total. The topological polar surface area (TPSA) is 34.3 Å². The summed E-state index contributed by atoms with van der Waals surface area (Å²) in [6, 6.07) is 13.1. The first-order valence-electron chi connectivity index (χ1n) is 9.32. The fraction of sp³-hybridized carbons (Fsp3) is 0.217. The third-order valence-electron chi connectivity index (χ3n) is 5.55. The zero-order chi connectivity index (χ0) is 18.7. The van der Waals surface area contributed by atoms with Gasteiger partial charge in [0.1, 0.15) is 18.9 Å². The van der Waals surface area contributed by atoms with Crippen LogP contribution in [0, 0.1) is 6.92 Å². The standard InChI is InChI=1S/C23H22N3O/c1-14(2)18-11-19(15(3)16-7-5-6-8-17(16)18)22-23-20(9-10-25(22)4)26-13-24-12-21(26)27-23/h5-14H,1-4H3/q+1. The van der Waals surface area contributed by atoms with Gasteiger partial charge in [-0.3, -0.25) is 4.40 Å². The van der Waals surface area contributed by atoms with Crippen molar-refractivity contribution in [3.63, 3.8) is 0 Å². The van der Waals surface area contributed by atoms with E-state index in [0.29, 0.717) is 5.92 Å². The Balaban J connectivity index is 1.94. The fourth-order valence-electron chi connectivity index (χ4n) is 4.13. The van der Waals surface area contributed by atoms with Gasteiger partial charge < -0.3 is 4.42 Å². The summed E-state index contributed by atoms with van der Waals surface area (Å²) in [5.41, 5.74) is 7.65. The number of hydrogen-bond donors (Lipinski definition) is 0. The summed E-state index contributed by atoms with van der Waals surface area (Å²) in [6.45, 7) is 6.71. The van der Waals surface area contributed by atoms with Gasteiger partial charge in [0.15, 0.2) is 6.20 Å². The molecule has 0 saturated carbocycles. The number of imidazole rings is 1. The molecule has 0 bridgehead atoms. The summed E-state index contributed by atoms with van der Waals surface area (Å²) in [5, 5.41) is 2.64. The van der Waals surface area contributed by atoms with Crippen molar-refractivity contribution in [2.24, 2.45) is 7.05 Å². The van der Waals surface area contributed by atoms with E-state index in [2.05, 4.69) is 80.0 Å². The fourth-order valence-corrected chi connectivity index (χ4v) is 4.13. The molecule has 0 aliphatic carbocycles. The highest BCUT2D eigenvalue weighted by Crippen LogP contribution is 2.37. The van der Waals surface area contributed by atoms with E-state index in [0.717, 1.165) is 22.5 Å². The predicted molar refractivity (Wildman–Crippen MR) is 108 cm³/mol. The van der Waals surface area contributed by atoms with Crippen LogP contribution in [0.1, 0.15) is 30.9 Å². The first kappa shape index (κ1) is 16.1. The first-order valence-corrected chi connectivity index (χ1v) is 9.32. The average molecular weight is 356 g/mol. The van der Waals surface area contributed by atoms with Crippen molar-refractivity contribution in [3.05, 3.63) is 66.2 Å². The Morgan fingerprint density at radius 1 is 1.11 bits per heavy atom. The number of rotatable bonds is 2. The minimum atomic E-state index is 0.440. The summed E-state index contributed by atoms with van der Waals surface area (Å²) < 4.78 is 10.4. The SMILES string of the molecule is Cc1c(-c2c3oc4cncn4c3cc[n+]2C)cc(C(C)C)c2ccccc12. The maximum absolute atomic E-state index is 6.21. The number of aromatic nitrogens is 3. The zero-order valence-corrected chi connectivity index (χ0v) is 16.0. The second-order valence-electron chi connectivity index (χ2n) is 7.53. The largest absolute Gasteiger partial charge is 0.429 e. The van der Waals surface area contributed by atoms with Crippen LogP contribution in [-0.2, 0) is 7.05 Å². The minimum Gasteiger partial charge on any atom is -0.429 e. The van der Waals surface area contributed by atoms with Crippen molar-refractivity contribution in [2.45, 2.75) is 26.7 Å². The van der Waals surface area contributed by atoms with Gasteiger partial charge in [-0.25, -0.2) is 4.98 Å². The molecule has 0 radical (unpaired) electrons. The molecule has 2 aromatic carbocycles. The van der Waals surface area contributed by atoms with Crippen molar-refractivity contribution in [1.82, 2.24) is 9.38 Å². The monoisotopic (exact) mass is 356 g/mol. The molecule has 4 heteroatoms. The molecule has 27 heavy (non-hydrogen) atoms. The van der Waals surface area contributed by atoms with Crippen molar-refractivity contribution in [1.29, 1.82) is 0 Å². The molecule has 3 heterocycles. The van der Waals surface area contributed by atoms with E-state index in [9.17, 15) is 0 Å². The smallest absolute Gasteiger partial charge is 0.257 e. The second-order valence-corrected chi connectivity index (χ2v) is 7.53. The van der Waals surface area contributed by atoms with E-state index in [1.807, 2.05) is 4.40 Å². The molecule has 3 aromatic heterocycles. The van der Waals surface area contributed by atoms with Gasteiger partial charge in [-0.15, -0.1) is 0 Å². The van der Waals surface area contributed by atoms with Crippen LogP contribution in [0.5, 0.6) is 0 Å². The lowest BCUT2D eigenvalue weighted by Crippen LogP contribution is -2.30. The average Bonchev–Trinajstić information content (AvgIpc) is 3.24. The Bertz CT molecular complexity index is 1320. The molecule has 0 spiro atoms. The van der Waals surface area contributed by atoms with Gasteiger partial charge in [-0.1, -0.05) is 38.1 Å². The van der Waals surface area contributed by atoms with E-state index in [1.165, 1.54) is 27.5 Å². The number of pyridine rings is 1. The van der Waals surface area contributed by atoms with Gasteiger partial charge in [0.2, 0.25) is 11.3 Å². The Morgan fingerprint density at radius 2 is 1.89 bits per heavy atom. The number of oxazole rings is 1. The molecule has 0 amide bonds. The third kappa shape index (κ3) is 2.23. The predicted octanol–water partition coefficient (Wildman–Crippen LogP) is 5.16. The van der Waals surface area contributed by atoms with E-state index in [-0.39, 0.29) is 0 Å². The van der Waals surface area contributed by atoms with Gasteiger partial charge >= 0.3 is 0 Å². The van der Waals surface area contributed by atoms with E-state index in [1.54, 1.807) is 12.5 Å². The minimum absolute atomic E-state index is 0.440. The highest BCUT2D eigenvalue weighted by Gasteiger charge is 2.24. The van der Waals surface area contributed by atoms with Crippen LogP contribution in [-0.4, -0.2) is 9.38 Å². The maximum Gasteiger partial charge on any atom is 0.257 e. The van der Waals surface area contributed by atoms with Crippen LogP contribution in [0.3, 0.4) is 0 Å². The molecule has 0 aliphatic heterocycles. The molecule has 0 aliphatic rings. The van der Waals surface area contributed by atoms with Gasteiger partial charge in [0, 0.05) is 6.07 Å². The summed E-state index contributed by atoms with van der Waals surface area (Å²) in [6.07, 6.45) is 5.66. The zero-order valence-electron chi connectivity index (χ0n) is 16.0. The Kier molecular flexibility index (Phi) is 3.38. The van der Waals surface area contributed by atoms with Crippen molar-refractivity contribution in [2.75, 3.05) is 0 Å². The van der Waals surface area contributed by atoms with Crippen molar-refractivity contribution >= 4 is 27.6 Å². The molecule has 4 nitrogen and oxygen atoms in total. The summed E-state index contributed by atoms with van der Waals surface area (Å²) >= 11 is 0. The lowest BCUT2D eigenvalue weighted by atomic mass is 9.89. The number of benzene rings is 2. The van der Waals surface area contributed by atoms with E-state index >= 15 is 0 Å². The molecule has 0 saturated heterocycles. The van der Waals surface area contributed by atoms with Crippen molar-refractivity contribution < 1.29 is 8.98 Å². The van der Waals surface area contributed by atoms with Crippen LogP contribution in [0.25, 0.3) is 38.8 Å². The summed E-state index contributed by atoms with van der Waals surface area (Å²) in [4.78, 5) is 4.19. The number of nitrogens with zero attached hydrogens (tertiary/aromatic N) is 3. The van der Waals surface area contributed by atoms with Crippen LogP contribution in [0.2, 0.25) is 0 Å². The third-order valence-corrected chi connectivity index (χ3v) is 5.55. The molecule has 5 rings (SSSR count). The number of hydrogen-bond acceptors (Lipinski definition) is 2. The summed E-state index contributed by atoms with van der Waals surface area (Å²) in [7, 11) is 2.08. The lowest BCUT2D eigenvalue weighted by Gasteiger charge is -2.15. The highest BCUT2D eigenvalue weighted by atomic mass is 16.3. The van der Waals surface area contributed by atoms with E-state index in [4.69, 9.17) is 4.42 Å². The lowest BCUT2D eigenvalue weighted by molar-refractivity contribution is -0.659. The second kappa shape index (κ2) is 5.68. The molecule has 0 unspecified atom stereocenters. The Morgan fingerprint density at radius 3 is 2.67 bits per heavy atom. The molecule has 0 fully saturated rings. The van der Waals surface area contributed by atoms with Crippen LogP contribution < -0.4 is 4.57 Å². The van der Waals surface area contributed by atoms with Crippen LogP contribution in [0.4, 0.5) is 0 Å². The molecule has 0 atom stereocenters. The van der Waals surface area contributed by atoms with Gasteiger partial charge in [0.25, 0.3) is 5.69 Å². The molecular weight excluding hydrogens is 334 g/mol. The van der Waals surface area contributed by atoms with Crippen molar-refractivity contribution in [3.8, 4) is 11.3 Å². The van der Waals surface area contributed by atoms with Crippen LogP contribution >= 0.6 is 0 Å². The molecule has 5 aromatic rings. The highest BCUT2D eigenvalue weighted by molar-refractivity contribution is 5.97. The van der Waals surface area contributed by atoms with Crippen LogP contribution in [0.15, 0.2) is 59.5 Å². The molecule has 134 valence electrons. The Labute approximate surface area is 157 Å². The number of fused-ring (bicyclic) bond motifs is 4. The van der Waals surface area contributed by atoms with Gasteiger partial charge in [0.05, 0.1) is 11.8 Å². The number of aryl methyl sites for hydroxylation is 2. The summed E-state index contributed by atoms with van der Waals surface area (Å²) in [5.74, 6) is 0.440. The molecular formula is C23H22N3O+. The van der Waals surface area contributed by atoms with E-state index < -0.39 is 0 Å².